The van der Waals surface area contributed by atoms with Crippen molar-refractivity contribution in [3.8, 4) is 10.4 Å². The van der Waals surface area contributed by atoms with Gasteiger partial charge in [-0.15, -0.1) is 11.3 Å². The Kier molecular flexibility index (Phi) is 6.36. The summed E-state index contributed by atoms with van der Waals surface area (Å²) in [6.07, 6.45) is 2.36. The summed E-state index contributed by atoms with van der Waals surface area (Å²) in [5.41, 5.74) is 8.44. The van der Waals surface area contributed by atoms with Gasteiger partial charge in [-0.2, -0.15) is 0 Å². The first-order valence-electron chi connectivity index (χ1n) is 10.9. The zero-order valence-corrected chi connectivity index (χ0v) is 20.2. The van der Waals surface area contributed by atoms with Crippen LogP contribution in [0.25, 0.3) is 16.0 Å². The highest BCUT2D eigenvalue weighted by Gasteiger charge is 2.31. The highest BCUT2D eigenvalue weighted by molar-refractivity contribution is 7.15. The second-order valence-corrected chi connectivity index (χ2v) is 9.46. The molecule has 0 bridgehead atoms. The minimum Gasteiger partial charge on any atom is -0.475 e. The molecule has 9 heteroatoms. The minimum atomic E-state index is -1.71. The van der Waals surface area contributed by atoms with Gasteiger partial charge in [0.2, 0.25) is 0 Å². The Hall–Kier alpha value is -4.11. The van der Waals surface area contributed by atoms with E-state index in [1.807, 2.05) is 44.2 Å². The summed E-state index contributed by atoms with van der Waals surface area (Å²) in [6, 6.07) is 12.0. The number of aliphatic carboxylic acids is 1. The second kappa shape index (κ2) is 9.27. The molecule has 4 rings (SSSR count). The van der Waals surface area contributed by atoms with E-state index in [-0.39, 0.29) is 11.1 Å². The summed E-state index contributed by atoms with van der Waals surface area (Å²) in [7, 11) is 0. The number of hydrogen-bond donors (Lipinski definition) is 2. The van der Waals surface area contributed by atoms with Crippen molar-refractivity contribution in [2.45, 2.75) is 33.6 Å². The number of ketones is 2. The van der Waals surface area contributed by atoms with Crippen molar-refractivity contribution < 1.29 is 24.3 Å². The molecular weight excluding hydrogens is 466 g/mol. The van der Waals surface area contributed by atoms with E-state index >= 15 is 0 Å². The van der Waals surface area contributed by atoms with Gasteiger partial charge in [0.05, 0.1) is 16.8 Å². The Labute approximate surface area is 205 Å². The van der Waals surface area contributed by atoms with Gasteiger partial charge < -0.3 is 15.2 Å². The van der Waals surface area contributed by atoms with Crippen molar-refractivity contribution in [2.24, 2.45) is 5.73 Å². The van der Waals surface area contributed by atoms with Gasteiger partial charge in [-0.1, -0.05) is 31.2 Å². The number of carboxylic acid groups (broad SMARTS) is 1. The molecule has 0 saturated carbocycles. The summed E-state index contributed by atoms with van der Waals surface area (Å²) in [5, 5.41) is 9.38. The Bertz CT molecular complexity index is 1530. The maximum absolute atomic E-state index is 13.0. The molecule has 4 aromatic rings. The fourth-order valence-corrected chi connectivity index (χ4v) is 5.31. The molecular formula is C26H23N3O5S. The summed E-state index contributed by atoms with van der Waals surface area (Å²) in [6.45, 7) is 5.49. The van der Waals surface area contributed by atoms with E-state index in [2.05, 4.69) is 11.1 Å². The van der Waals surface area contributed by atoms with E-state index in [0.717, 1.165) is 16.0 Å². The summed E-state index contributed by atoms with van der Waals surface area (Å²) in [4.78, 5) is 55.4. The lowest BCUT2D eigenvalue weighted by Gasteiger charge is -2.11. The highest BCUT2D eigenvalue weighted by atomic mass is 32.1. The first kappa shape index (κ1) is 24.0. The number of aromatic nitrogens is 2. The number of benzene rings is 1. The van der Waals surface area contributed by atoms with Crippen LogP contribution in [0.15, 0.2) is 42.6 Å². The second-order valence-electron chi connectivity index (χ2n) is 8.18. The molecule has 0 unspecified atom stereocenters. The lowest BCUT2D eigenvalue weighted by molar-refractivity contribution is -0.131. The number of carbonyl (C=O) groups excluding carboxylic acids is 3. The number of carboxylic acids is 1. The number of thiophene rings is 1. The molecule has 0 atom stereocenters. The van der Waals surface area contributed by atoms with Gasteiger partial charge in [-0.05, 0) is 49.1 Å². The SMILES string of the molecule is CCc1c(C(=O)C(N)=O)c2c(C(=O)C(=O)O)nc(C)cn2c1Cc1ccccc1-c1ccc(C)s1. The number of amides is 1. The number of primary amides is 1. The van der Waals surface area contributed by atoms with Gasteiger partial charge in [0, 0.05) is 28.1 Å². The number of rotatable bonds is 8. The van der Waals surface area contributed by atoms with E-state index in [1.165, 1.54) is 4.88 Å². The highest BCUT2D eigenvalue weighted by Crippen LogP contribution is 2.34. The van der Waals surface area contributed by atoms with Gasteiger partial charge in [-0.25, -0.2) is 9.78 Å². The molecule has 3 N–H and O–H groups in total. The summed E-state index contributed by atoms with van der Waals surface area (Å²) >= 11 is 1.66. The van der Waals surface area contributed by atoms with E-state index in [4.69, 9.17) is 5.73 Å². The van der Waals surface area contributed by atoms with Crippen LogP contribution < -0.4 is 5.73 Å². The topological polar surface area (TPSA) is 132 Å². The van der Waals surface area contributed by atoms with E-state index < -0.39 is 29.1 Å². The number of carbonyl (C=O) groups is 4. The maximum Gasteiger partial charge on any atom is 0.379 e. The molecule has 0 radical (unpaired) electrons. The van der Waals surface area contributed by atoms with Crippen molar-refractivity contribution in [1.82, 2.24) is 9.38 Å². The van der Waals surface area contributed by atoms with Crippen molar-refractivity contribution >= 4 is 40.3 Å². The van der Waals surface area contributed by atoms with Crippen molar-refractivity contribution in [3.63, 3.8) is 0 Å². The molecule has 3 aromatic heterocycles. The molecule has 8 nitrogen and oxygen atoms in total. The third-order valence-corrected chi connectivity index (χ3v) is 6.88. The van der Waals surface area contributed by atoms with Gasteiger partial charge in [0.15, 0.2) is 0 Å². The summed E-state index contributed by atoms with van der Waals surface area (Å²) < 4.78 is 1.62. The van der Waals surface area contributed by atoms with Gasteiger partial charge in [0.1, 0.15) is 5.69 Å². The Morgan fingerprint density at radius 2 is 1.77 bits per heavy atom. The molecule has 3 heterocycles. The zero-order chi connectivity index (χ0) is 25.4. The van der Waals surface area contributed by atoms with Crippen LogP contribution in [0.2, 0.25) is 0 Å². The van der Waals surface area contributed by atoms with E-state index in [9.17, 15) is 24.3 Å². The Morgan fingerprint density at radius 3 is 2.37 bits per heavy atom. The van der Waals surface area contributed by atoms with Gasteiger partial charge in [-0.3, -0.25) is 14.4 Å². The number of hydrogen-bond acceptors (Lipinski definition) is 6. The fraction of sp³-hybridized carbons (Fsp3) is 0.192. The minimum absolute atomic E-state index is 0.0110. The van der Waals surface area contributed by atoms with Crippen LogP contribution in [0.4, 0.5) is 0 Å². The molecule has 0 aliphatic heterocycles. The van der Waals surface area contributed by atoms with E-state index in [1.54, 1.807) is 28.9 Å². The van der Waals surface area contributed by atoms with Crippen LogP contribution in [0.5, 0.6) is 0 Å². The van der Waals surface area contributed by atoms with Crippen LogP contribution in [0.1, 0.15) is 55.2 Å². The van der Waals surface area contributed by atoms with Crippen LogP contribution in [-0.2, 0) is 22.4 Å². The first-order valence-corrected chi connectivity index (χ1v) is 11.8. The normalized spacial score (nSPS) is 11.1. The van der Waals surface area contributed by atoms with Gasteiger partial charge in [0.25, 0.3) is 17.5 Å². The molecule has 0 spiro atoms. The molecule has 1 aromatic carbocycles. The summed E-state index contributed by atoms with van der Waals surface area (Å²) in [5.74, 6) is -5.15. The van der Waals surface area contributed by atoms with Crippen LogP contribution >= 0.6 is 11.3 Å². The predicted molar refractivity (Wildman–Crippen MR) is 132 cm³/mol. The molecule has 178 valence electrons. The quantitative estimate of drug-likeness (QED) is 0.286. The maximum atomic E-state index is 13.0. The molecule has 0 aliphatic rings. The third kappa shape index (κ3) is 4.26. The zero-order valence-electron chi connectivity index (χ0n) is 19.4. The van der Waals surface area contributed by atoms with Crippen LogP contribution in [0.3, 0.4) is 0 Å². The lowest BCUT2D eigenvalue weighted by Crippen LogP contribution is -2.25. The molecule has 0 saturated heterocycles. The monoisotopic (exact) mass is 489 g/mol. The van der Waals surface area contributed by atoms with E-state index in [0.29, 0.717) is 29.8 Å². The first-order chi connectivity index (χ1) is 16.6. The molecule has 0 aliphatic carbocycles. The number of aryl methyl sites for hydroxylation is 2. The van der Waals surface area contributed by atoms with Gasteiger partial charge >= 0.3 is 5.97 Å². The van der Waals surface area contributed by atoms with Crippen molar-refractivity contribution in [2.75, 3.05) is 0 Å². The number of nitrogens with zero attached hydrogens (tertiary/aromatic N) is 2. The molecule has 1 amide bonds. The van der Waals surface area contributed by atoms with Crippen molar-refractivity contribution in [3.05, 3.63) is 81.2 Å². The average molecular weight is 490 g/mol. The number of Topliss-reactive ketones (excluding diaryl/α,β-unsaturated/α-hetero) is 2. The lowest BCUT2D eigenvalue weighted by atomic mass is 9.96. The average Bonchev–Trinajstić information content (AvgIpc) is 3.38. The van der Waals surface area contributed by atoms with Crippen LogP contribution in [-0.4, -0.2) is 37.9 Å². The number of nitrogens with two attached hydrogens (primary N) is 1. The predicted octanol–water partition coefficient (Wildman–Crippen LogP) is 3.77. The molecule has 0 fully saturated rings. The standard InChI is InChI=1S/C26H23N3O5S/c1-4-16-18(11-15-7-5-6-8-17(15)19-10-9-14(3)35-19)29-12-13(2)28-21(24(31)26(33)34)22(29)20(16)23(30)25(27)32/h5-10,12H,4,11H2,1-3H3,(H2,27,32)(H,33,34). The fourth-order valence-electron chi connectivity index (χ4n) is 4.38. The largest absolute Gasteiger partial charge is 0.475 e. The Balaban J connectivity index is 2.05. The molecule has 35 heavy (non-hydrogen) atoms. The van der Waals surface area contributed by atoms with Crippen LogP contribution in [0, 0.1) is 13.8 Å². The van der Waals surface area contributed by atoms with Crippen molar-refractivity contribution in [1.29, 1.82) is 0 Å². The third-order valence-electron chi connectivity index (χ3n) is 5.84. The Morgan fingerprint density at radius 1 is 1.06 bits per heavy atom. The number of fused-ring (bicyclic) bond motifs is 1. The smallest absolute Gasteiger partial charge is 0.379 e.